The zero-order valence-corrected chi connectivity index (χ0v) is 10.1. The molecule has 18 heavy (non-hydrogen) atoms. The number of phenols is 1. The topological polar surface area (TPSA) is 61.8 Å². The third-order valence-corrected chi connectivity index (χ3v) is 3.74. The molecule has 0 radical (unpaired) electrons. The molecule has 2 N–H and O–H groups in total. The van der Waals surface area contributed by atoms with Gasteiger partial charge >= 0.3 is 6.09 Å². The number of nitrogens with zero attached hydrogens (tertiary/aromatic N) is 1. The maximum atomic E-state index is 12.0. The molecule has 1 spiro atoms. The van der Waals surface area contributed by atoms with E-state index in [0.717, 1.165) is 25.9 Å². The number of hydrogen-bond acceptors (Lipinski definition) is 4. The zero-order valence-electron chi connectivity index (χ0n) is 10.1. The first-order valence-electron chi connectivity index (χ1n) is 6.18. The maximum Gasteiger partial charge on any atom is 0.415 e. The number of rotatable bonds is 1. The summed E-state index contributed by atoms with van der Waals surface area (Å²) in [6.07, 6.45) is 1.42. The molecular formula is C13H16N2O3. The van der Waals surface area contributed by atoms with Crippen LogP contribution in [0.25, 0.3) is 0 Å². The zero-order chi connectivity index (χ0) is 12.6. The molecule has 0 atom stereocenters. The lowest BCUT2D eigenvalue weighted by Gasteiger charge is -2.38. The Kier molecular flexibility index (Phi) is 2.63. The second kappa shape index (κ2) is 4.17. The van der Waals surface area contributed by atoms with E-state index in [4.69, 9.17) is 4.74 Å². The van der Waals surface area contributed by atoms with Gasteiger partial charge in [0.15, 0.2) is 0 Å². The number of piperidine rings is 1. The third kappa shape index (κ3) is 1.71. The summed E-state index contributed by atoms with van der Waals surface area (Å²) in [5.41, 5.74) is 0.454. The summed E-state index contributed by atoms with van der Waals surface area (Å²) < 4.78 is 5.23. The molecule has 0 bridgehead atoms. The van der Waals surface area contributed by atoms with Gasteiger partial charge in [0, 0.05) is 6.07 Å². The molecule has 2 heterocycles. The third-order valence-electron chi connectivity index (χ3n) is 3.74. The van der Waals surface area contributed by atoms with E-state index < -0.39 is 0 Å². The molecule has 5 nitrogen and oxygen atoms in total. The highest BCUT2D eigenvalue weighted by Crippen LogP contribution is 2.37. The number of benzene rings is 1. The van der Waals surface area contributed by atoms with Crippen molar-refractivity contribution in [1.82, 2.24) is 5.32 Å². The predicted molar refractivity (Wildman–Crippen MR) is 66.8 cm³/mol. The van der Waals surface area contributed by atoms with Crippen LogP contribution >= 0.6 is 0 Å². The first-order valence-corrected chi connectivity index (χ1v) is 6.18. The molecule has 0 unspecified atom stereocenters. The summed E-state index contributed by atoms with van der Waals surface area (Å²) in [6, 6.07) is 6.78. The minimum Gasteiger partial charge on any atom is -0.508 e. The number of phenolic OH excluding ortho intramolecular Hbond substituents is 1. The molecule has 2 saturated heterocycles. The summed E-state index contributed by atoms with van der Waals surface area (Å²) in [6.45, 7) is 2.20. The molecule has 2 aliphatic rings. The molecule has 1 aromatic carbocycles. The Morgan fingerprint density at radius 1 is 1.33 bits per heavy atom. The molecule has 0 saturated carbocycles. The van der Waals surface area contributed by atoms with Gasteiger partial charge in [-0.2, -0.15) is 0 Å². The van der Waals surface area contributed by atoms with Gasteiger partial charge < -0.3 is 15.2 Å². The lowest BCUT2D eigenvalue weighted by atomic mass is 9.88. The van der Waals surface area contributed by atoms with Crippen LogP contribution in [-0.2, 0) is 4.74 Å². The van der Waals surface area contributed by atoms with Crippen LogP contribution < -0.4 is 10.2 Å². The number of hydrogen-bond donors (Lipinski definition) is 2. The molecule has 2 aliphatic heterocycles. The number of nitrogens with one attached hydrogen (secondary N) is 1. The van der Waals surface area contributed by atoms with Gasteiger partial charge in [-0.1, -0.05) is 6.07 Å². The van der Waals surface area contributed by atoms with Crippen molar-refractivity contribution in [2.75, 3.05) is 24.6 Å². The van der Waals surface area contributed by atoms with Gasteiger partial charge in [-0.05, 0) is 38.1 Å². The maximum absolute atomic E-state index is 12.0. The fraction of sp³-hybridized carbons (Fsp3) is 0.462. The lowest BCUT2D eigenvalue weighted by molar-refractivity contribution is 0.167. The van der Waals surface area contributed by atoms with E-state index in [2.05, 4.69) is 5.32 Å². The first kappa shape index (κ1) is 11.3. The standard InChI is InChI=1S/C13H16N2O3/c16-11-3-1-2-10(8-11)15-12(17)18-9-13(15)4-6-14-7-5-13/h1-3,8,14,16H,4-7,9H2. The summed E-state index contributed by atoms with van der Waals surface area (Å²) in [4.78, 5) is 13.7. The van der Waals surface area contributed by atoms with Gasteiger partial charge in [-0.15, -0.1) is 0 Å². The number of anilines is 1. The van der Waals surface area contributed by atoms with Gasteiger partial charge in [-0.3, -0.25) is 4.90 Å². The van der Waals surface area contributed by atoms with Gasteiger partial charge in [0.2, 0.25) is 0 Å². The summed E-state index contributed by atoms with van der Waals surface area (Å²) in [5.74, 6) is 0.163. The van der Waals surface area contributed by atoms with Crippen molar-refractivity contribution in [2.45, 2.75) is 18.4 Å². The fourth-order valence-corrected chi connectivity index (χ4v) is 2.79. The van der Waals surface area contributed by atoms with Crippen LogP contribution in [0.5, 0.6) is 5.75 Å². The molecule has 1 aromatic rings. The van der Waals surface area contributed by atoms with E-state index in [-0.39, 0.29) is 17.4 Å². The molecule has 1 amide bonds. The number of amides is 1. The number of carbonyl (C=O) groups excluding carboxylic acids is 1. The summed E-state index contributed by atoms with van der Waals surface area (Å²) in [5, 5.41) is 12.8. The van der Waals surface area contributed by atoms with Crippen molar-refractivity contribution in [3.8, 4) is 5.75 Å². The Bertz CT molecular complexity index is 469. The largest absolute Gasteiger partial charge is 0.508 e. The van der Waals surface area contributed by atoms with Gasteiger partial charge in [0.1, 0.15) is 12.4 Å². The minimum absolute atomic E-state index is 0.163. The van der Waals surface area contributed by atoms with Gasteiger partial charge in [0.25, 0.3) is 0 Å². The highest BCUT2D eigenvalue weighted by atomic mass is 16.6. The molecule has 0 aromatic heterocycles. The van der Waals surface area contributed by atoms with Gasteiger partial charge in [0.05, 0.1) is 11.2 Å². The van der Waals surface area contributed by atoms with E-state index in [0.29, 0.717) is 12.3 Å². The molecule has 5 heteroatoms. The Hall–Kier alpha value is -1.75. The number of aromatic hydroxyl groups is 1. The number of ether oxygens (including phenoxy) is 1. The fourth-order valence-electron chi connectivity index (χ4n) is 2.79. The van der Waals surface area contributed by atoms with Crippen molar-refractivity contribution in [3.63, 3.8) is 0 Å². The van der Waals surface area contributed by atoms with Crippen molar-refractivity contribution >= 4 is 11.8 Å². The quantitative estimate of drug-likeness (QED) is 0.790. The van der Waals surface area contributed by atoms with E-state index in [1.165, 1.54) is 0 Å². The summed E-state index contributed by atoms with van der Waals surface area (Å²) >= 11 is 0. The highest BCUT2D eigenvalue weighted by molar-refractivity contribution is 5.91. The predicted octanol–water partition coefficient (Wildman–Crippen LogP) is 1.47. The van der Waals surface area contributed by atoms with E-state index in [9.17, 15) is 9.90 Å². The van der Waals surface area contributed by atoms with E-state index in [1.807, 2.05) is 6.07 Å². The van der Waals surface area contributed by atoms with Crippen molar-refractivity contribution in [1.29, 1.82) is 0 Å². The molecule has 2 fully saturated rings. The first-order chi connectivity index (χ1) is 8.71. The highest BCUT2D eigenvalue weighted by Gasteiger charge is 2.48. The number of cyclic esters (lactones) is 1. The van der Waals surface area contributed by atoms with E-state index in [1.54, 1.807) is 23.1 Å². The van der Waals surface area contributed by atoms with Crippen LogP contribution in [0.3, 0.4) is 0 Å². The SMILES string of the molecule is O=C1OCC2(CCNCC2)N1c1cccc(O)c1. The van der Waals surface area contributed by atoms with Crippen LogP contribution in [0.4, 0.5) is 10.5 Å². The van der Waals surface area contributed by atoms with E-state index >= 15 is 0 Å². The Labute approximate surface area is 105 Å². The average Bonchev–Trinajstić information content (AvgIpc) is 2.67. The van der Waals surface area contributed by atoms with Crippen LogP contribution in [0.15, 0.2) is 24.3 Å². The number of carbonyl (C=O) groups is 1. The van der Waals surface area contributed by atoms with Gasteiger partial charge in [-0.25, -0.2) is 4.79 Å². The Morgan fingerprint density at radius 2 is 2.11 bits per heavy atom. The van der Waals surface area contributed by atoms with Crippen molar-refractivity contribution < 1.29 is 14.6 Å². The second-order valence-corrected chi connectivity index (χ2v) is 4.88. The van der Waals surface area contributed by atoms with Crippen LogP contribution in [0.1, 0.15) is 12.8 Å². The second-order valence-electron chi connectivity index (χ2n) is 4.88. The van der Waals surface area contributed by atoms with Crippen LogP contribution in [0, 0.1) is 0 Å². The monoisotopic (exact) mass is 248 g/mol. The van der Waals surface area contributed by atoms with Crippen LogP contribution in [0.2, 0.25) is 0 Å². The average molecular weight is 248 g/mol. The van der Waals surface area contributed by atoms with Crippen LogP contribution in [-0.4, -0.2) is 36.4 Å². The minimum atomic E-state index is -0.317. The van der Waals surface area contributed by atoms with Crippen molar-refractivity contribution in [2.24, 2.45) is 0 Å². The lowest BCUT2D eigenvalue weighted by Crippen LogP contribution is -2.53. The Morgan fingerprint density at radius 3 is 2.83 bits per heavy atom. The molecule has 0 aliphatic carbocycles. The molecule has 3 rings (SSSR count). The van der Waals surface area contributed by atoms with Crippen molar-refractivity contribution in [3.05, 3.63) is 24.3 Å². The molecular weight excluding hydrogens is 232 g/mol. The smallest absolute Gasteiger partial charge is 0.415 e. The summed E-state index contributed by atoms with van der Waals surface area (Å²) in [7, 11) is 0. The normalized spacial score (nSPS) is 22.2. The molecule has 96 valence electrons. The Balaban J connectivity index is 1.99.